The molecule has 1 fully saturated rings. The standard InChI is InChI=1S/C21H24N2O2/c1-15-11-13-17(14-12-15)22-21(25)18-9-5-6-10-19(18)23-20(24)16-7-3-2-4-8-16/h5-6,9-14,16H,2-4,7-8H2,1H3,(H,22,25)(H,23,24). The fourth-order valence-electron chi connectivity index (χ4n) is 3.23. The Bertz CT molecular complexity index is 747. The van der Waals surface area contributed by atoms with Gasteiger partial charge in [0.1, 0.15) is 0 Å². The molecule has 25 heavy (non-hydrogen) atoms. The van der Waals surface area contributed by atoms with E-state index in [4.69, 9.17) is 0 Å². The van der Waals surface area contributed by atoms with Crippen LogP contribution in [-0.4, -0.2) is 11.8 Å². The largest absolute Gasteiger partial charge is 0.325 e. The summed E-state index contributed by atoms with van der Waals surface area (Å²) in [5.74, 6) is -0.138. The molecule has 0 radical (unpaired) electrons. The van der Waals surface area contributed by atoms with E-state index in [0.717, 1.165) is 36.9 Å². The highest BCUT2D eigenvalue weighted by Gasteiger charge is 2.22. The second-order valence-corrected chi connectivity index (χ2v) is 6.69. The molecule has 4 nitrogen and oxygen atoms in total. The molecule has 2 aromatic carbocycles. The van der Waals surface area contributed by atoms with Gasteiger partial charge in [-0.2, -0.15) is 0 Å². The van der Waals surface area contributed by atoms with Gasteiger partial charge < -0.3 is 10.6 Å². The lowest BCUT2D eigenvalue weighted by Gasteiger charge is -2.21. The number of hydrogen-bond acceptors (Lipinski definition) is 2. The van der Waals surface area contributed by atoms with Gasteiger partial charge in [-0.05, 0) is 44.0 Å². The lowest BCUT2D eigenvalue weighted by Crippen LogP contribution is -2.26. The van der Waals surface area contributed by atoms with Crippen LogP contribution in [0.1, 0.15) is 48.0 Å². The molecule has 0 aromatic heterocycles. The molecule has 0 heterocycles. The van der Waals surface area contributed by atoms with E-state index in [1.807, 2.05) is 37.3 Å². The molecule has 3 rings (SSSR count). The first-order valence-electron chi connectivity index (χ1n) is 8.91. The Kier molecular flexibility index (Phi) is 5.49. The van der Waals surface area contributed by atoms with Gasteiger partial charge in [0, 0.05) is 11.6 Å². The van der Waals surface area contributed by atoms with Crippen LogP contribution in [0, 0.1) is 12.8 Å². The predicted octanol–water partition coefficient (Wildman–Crippen LogP) is 4.77. The average molecular weight is 336 g/mol. The molecular formula is C21H24N2O2. The first kappa shape index (κ1) is 17.2. The second-order valence-electron chi connectivity index (χ2n) is 6.69. The summed E-state index contributed by atoms with van der Waals surface area (Å²) in [5.41, 5.74) is 2.93. The Morgan fingerprint density at radius 1 is 0.880 bits per heavy atom. The van der Waals surface area contributed by atoms with E-state index >= 15 is 0 Å². The summed E-state index contributed by atoms with van der Waals surface area (Å²) in [7, 11) is 0. The third-order valence-electron chi connectivity index (χ3n) is 4.71. The number of rotatable bonds is 4. The minimum Gasteiger partial charge on any atom is -0.325 e. The maximum atomic E-state index is 12.6. The Hall–Kier alpha value is -2.62. The monoisotopic (exact) mass is 336 g/mol. The van der Waals surface area contributed by atoms with Gasteiger partial charge in [0.25, 0.3) is 5.91 Å². The number of amides is 2. The molecule has 130 valence electrons. The molecule has 0 unspecified atom stereocenters. The summed E-state index contributed by atoms with van der Waals surface area (Å²) >= 11 is 0. The molecular weight excluding hydrogens is 312 g/mol. The maximum Gasteiger partial charge on any atom is 0.257 e. The van der Waals surface area contributed by atoms with Crippen molar-refractivity contribution in [3.8, 4) is 0 Å². The van der Waals surface area contributed by atoms with Crippen LogP contribution in [0.2, 0.25) is 0 Å². The first-order chi connectivity index (χ1) is 12.1. The van der Waals surface area contributed by atoms with Crippen LogP contribution in [0.3, 0.4) is 0 Å². The quantitative estimate of drug-likeness (QED) is 0.845. The Morgan fingerprint density at radius 2 is 1.56 bits per heavy atom. The molecule has 1 aliphatic carbocycles. The van der Waals surface area contributed by atoms with E-state index in [1.165, 1.54) is 6.42 Å². The molecule has 2 amide bonds. The molecule has 0 aliphatic heterocycles. The number of aryl methyl sites for hydroxylation is 1. The molecule has 0 saturated heterocycles. The van der Waals surface area contributed by atoms with Crippen molar-refractivity contribution >= 4 is 23.2 Å². The molecule has 0 bridgehead atoms. The highest BCUT2D eigenvalue weighted by molar-refractivity contribution is 6.10. The van der Waals surface area contributed by atoms with E-state index < -0.39 is 0 Å². The van der Waals surface area contributed by atoms with Gasteiger partial charge in [0.15, 0.2) is 0 Å². The Morgan fingerprint density at radius 3 is 2.28 bits per heavy atom. The normalized spacial score (nSPS) is 14.8. The van der Waals surface area contributed by atoms with Gasteiger partial charge >= 0.3 is 0 Å². The third kappa shape index (κ3) is 4.47. The Labute approximate surface area is 148 Å². The lowest BCUT2D eigenvalue weighted by molar-refractivity contribution is -0.120. The fraction of sp³-hybridized carbons (Fsp3) is 0.333. The number of carbonyl (C=O) groups excluding carboxylic acids is 2. The maximum absolute atomic E-state index is 12.6. The van der Waals surface area contributed by atoms with Crippen LogP contribution in [0.25, 0.3) is 0 Å². The SMILES string of the molecule is Cc1ccc(NC(=O)c2ccccc2NC(=O)C2CCCCC2)cc1. The van der Waals surface area contributed by atoms with Gasteiger partial charge in [-0.25, -0.2) is 0 Å². The highest BCUT2D eigenvalue weighted by atomic mass is 16.2. The van der Waals surface area contributed by atoms with Crippen LogP contribution in [0.5, 0.6) is 0 Å². The zero-order valence-corrected chi connectivity index (χ0v) is 14.5. The molecule has 1 saturated carbocycles. The van der Waals surface area contributed by atoms with Gasteiger partial charge in [-0.3, -0.25) is 9.59 Å². The summed E-state index contributed by atoms with van der Waals surface area (Å²) < 4.78 is 0. The fourth-order valence-corrected chi connectivity index (χ4v) is 3.23. The van der Waals surface area contributed by atoms with E-state index in [-0.39, 0.29) is 17.7 Å². The zero-order chi connectivity index (χ0) is 17.6. The molecule has 0 atom stereocenters. The number of anilines is 2. The van der Waals surface area contributed by atoms with E-state index in [9.17, 15) is 9.59 Å². The number of hydrogen-bond donors (Lipinski definition) is 2. The van der Waals surface area contributed by atoms with Gasteiger partial charge in [-0.15, -0.1) is 0 Å². The molecule has 2 N–H and O–H groups in total. The zero-order valence-electron chi connectivity index (χ0n) is 14.5. The predicted molar refractivity (Wildman–Crippen MR) is 101 cm³/mol. The summed E-state index contributed by atoms with van der Waals surface area (Å²) in [6, 6.07) is 14.8. The van der Waals surface area contributed by atoms with Crippen molar-refractivity contribution < 1.29 is 9.59 Å². The van der Waals surface area contributed by atoms with Crippen molar-refractivity contribution in [3.05, 3.63) is 59.7 Å². The Balaban J connectivity index is 1.72. The molecule has 0 spiro atoms. The van der Waals surface area contributed by atoms with Gasteiger partial charge in [-0.1, -0.05) is 49.1 Å². The van der Waals surface area contributed by atoms with Crippen molar-refractivity contribution in [1.29, 1.82) is 0 Å². The minimum absolute atomic E-state index is 0.0234. The topological polar surface area (TPSA) is 58.2 Å². The molecule has 4 heteroatoms. The molecule has 2 aromatic rings. The smallest absolute Gasteiger partial charge is 0.257 e. The second kappa shape index (κ2) is 7.97. The van der Waals surface area contributed by atoms with E-state index in [1.54, 1.807) is 18.2 Å². The van der Waals surface area contributed by atoms with Crippen LogP contribution < -0.4 is 10.6 Å². The average Bonchev–Trinajstić information content (AvgIpc) is 2.64. The van der Waals surface area contributed by atoms with Crippen LogP contribution in [0.15, 0.2) is 48.5 Å². The van der Waals surface area contributed by atoms with Crippen molar-refractivity contribution in [3.63, 3.8) is 0 Å². The lowest BCUT2D eigenvalue weighted by atomic mass is 9.88. The number of para-hydroxylation sites is 1. The van der Waals surface area contributed by atoms with Crippen LogP contribution >= 0.6 is 0 Å². The number of nitrogens with one attached hydrogen (secondary N) is 2. The summed E-state index contributed by atoms with van der Waals surface area (Å²) in [6.45, 7) is 2.00. The van der Waals surface area contributed by atoms with Crippen molar-refractivity contribution in [2.45, 2.75) is 39.0 Å². The summed E-state index contributed by atoms with van der Waals surface area (Å²) in [4.78, 5) is 25.1. The number of benzene rings is 2. The van der Waals surface area contributed by atoms with Crippen molar-refractivity contribution in [2.24, 2.45) is 5.92 Å². The number of carbonyl (C=O) groups is 2. The first-order valence-corrected chi connectivity index (χ1v) is 8.91. The van der Waals surface area contributed by atoms with Crippen LogP contribution in [0.4, 0.5) is 11.4 Å². The van der Waals surface area contributed by atoms with E-state index in [2.05, 4.69) is 10.6 Å². The summed E-state index contributed by atoms with van der Waals surface area (Å²) in [5, 5.41) is 5.84. The van der Waals surface area contributed by atoms with Crippen molar-refractivity contribution in [2.75, 3.05) is 10.6 Å². The van der Waals surface area contributed by atoms with Gasteiger partial charge in [0.05, 0.1) is 11.3 Å². The molecule has 1 aliphatic rings. The minimum atomic E-state index is -0.219. The van der Waals surface area contributed by atoms with Gasteiger partial charge in [0.2, 0.25) is 5.91 Å². The van der Waals surface area contributed by atoms with Crippen LogP contribution in [-0.2, 0) is 4.79 Å². The van der Waals surface area contributed by atoms with E-state index in [0.29, 0.717) is 11.3 Å². The summed E-state index contributed by atoms with van der Waals surface area (Å²) in [6.07, 6.45) is 5.29. The highest BCUT2D eigenvalue weighted by Crippen LogP contribution is 2.26. The third-order valence-corrected chi connectivity index (χ3v) is 4.71. The van der Waals surface area contributed by atoms with Crippen molar-refractivity contribution in [1.82, 2.24) is 0 Å².